The molecule has 3 rings (SSSR count). The van der Waals surface area contributed by atoms with Crippen molar-refractivity contribution >= 4 is 17.5 Å². The van der Waals surface area contributed by atoms with Crippen molar-refractivity contribution < 1.29 is 14.3 Å². The molecular weight excluding hydrogens is 366 g/mol. The molecule has 0 aliphatic carbocycles. The number of ether oxygens (including phenoxy) is 1. The summed E-state index contributed by atoms with van der Waals surface area (Å²) in [4.78, 5) is 24.7. The van der Waals surface area contributed by atoms with Gasteiger partial charge in [0.2, 0.25) is 0 Å². The van der Waals surface area contributed by atoms with Crippen molar-refractivity contribution in [1.82, 2.24) is 9.88 Å². The Labute approximate surface area is 170 Å². The van der Waals surface area contributed by atoms with E-state index in [0.29, 0.717) is 23.4 Å². The number of carbonyl (C=O) groups is 2. The molecule has 1 aromatic heterocycles. The summed E-state index contributed by atoms with van der Waals surface area (Å²) in [5.74, 6) is 0.429. The summed E-state index contributed by atoms with van der Waals surface area (Å²) < 4.78 is 7.33. The van der Waals surface area contributed by atoms with Gasteiger partial charge in [0.05, 0.1) is 12.7 Å². The van der Waals surface area contributed by atoms with Crippen LogP contribution in [-0.4, -0.2) is 30.0 Å². The van der Waals surface area contributed by atoms with Gasteiger partial charge in [-0.25, -0.2) is 0 Å². The highest BCUT2D eigenvalue weighted by Crippen LogP contribution is 2.24. The Morgan fingerprint density at radius 2 is 1.72 bits per heavy atom. The predicted molar refractivity (Wildman–Crippen MR) is 114 cm³/mol. The van der Waals surface area contributed by atoms with Gasteiger partial charge in [0.1, 0.15) is 5.75 Å². The number of hydrogen-bond acceptors (Lipinski definition) is 3. The van der Waals surface area contributed by atoms with E-state index in [1.165, 1.54) is 0 Å². The van der Waals surface area contributed by atoms with Crippen molar-refractivity contribution in [2.45, 2.75) is 20.8 Å². The zero-order valence-electron chi connectivity index (χ0n) is 17.1. The van der Waals surface area contributed by atoms with Gasteiger partial charge in [-0.1, -0.05) is 6.07 Å². The molecule has 0 aliphatic rings. The maximum Gasteiger partial charge on any atom is 0.257 e. The van der Waals surface area contributed by atoms with Crippen LogP contribution in [0.1, 0.15) is 39.0 Å². The molecule has 0 radical (unpaired) electrons. The van der Waals surface area contributed by atoms with Crippen LogP contribution in [0.5, 0.6) is 5.75 Å². The van der Waals surface area contributed by atoms with E-state index in [9.17, 15) is 9.59 Å². The zero-order chi connectivity index (χ0) is 21.0. The number of methoxy groups -OCH3 is 1. The Balaban J connectivity index is 1.82. The van der Waals surface area contributed by atoms with Gasteiger partial charge in [-0.15, -0.1) is 0 Å². The maximum absolute atomic E-state index is 12.8. The number of amides is 2. The van der Waals surface area contributed by atoms with Crippen LogP contribution in [-0.2, 0) is 0 Å². The van der Waals surface area contributed by atoms with Crippen LogP contribution in [0.4, 0.5) is 5.69 Å². The normalized spacial score (nSPS) is 10.5. The van der Waals surface area contributed by atoms with Gasteiger partial charge >= 0.3 is 0 Å². The number of nitrogens with zero attached hydrogens (tertiary/aromatic N) is 1. The van der Waals surface area contributed by atoms with Crippen LogP contribution in [0.15, 0.2) is 54.6 Å². The first-order chi connectivity index (χ1) is 13.9. The third-order valence-corrected chi connectivity index (χ3v) is 4.73. The number of nitrogens with one attached hydrogen (secondary N) is 2. The van der Waals surface area contributed by atoms with Gasteiger partial charge in [-0.05, 0) is 63.2 Å². The monoisotopic (exact) mass is 391 g/mol. The number of anilines is 1. The Hall–Kier alpha value is -3.54. The molecule has 0 saturated carbocycles. The first-order valence-electron chi connectivity index (χ1n) is 9.47. The van der Waals surface area contributed by atoms with Crippen molar-refractivity contribution in [3.05, 3.63) is 77.1 Å². The molecule has 0 fully saturated rings. The van der Waals surface area contributed by atoms with E-state index in [4.69, 9.17) is 4.74 Å². The minimum Gasteiger partial charge on any atom is -0.497 e. The van der Waals surface area contributed by atoms with Crippen LogP contribution in [0.25, 0.3) is 5.69 Å². The second-order valence-corrected chi connectivity index (χ2v) is 6.71. The van der Waals surface area contributed by atoms with E-state index < -0.39 is 0 Å². The van der Waals surface area contributed by atoms with E-state index >= 15 is 0 Å². The van der Waals surface area contributed by atoms with E-state index in [-0.39, 0.29) is 11.8 Å². The molecule has 0 saturated heterocycles. The third-order valence-electron chi connectivity index (χ3n) is 4.73. The lowest BCUT2D eigenvalue weighted by Crippen LogP contribution is -2.22. The van der Waals surface area contributed by atoms with Crippen molar-refractivity contribution in [2.24, 2.45) is 0 Å². The van der Waals surface area contributed by atoms with Gasteiger partial charge in [0, 0.05) is 40.9 Å². The van der Waals surface area contributed by atoms with Gasteiger partial charge in [0.15, 0.2) is 0 Å². The van der Waals surface area contributed by atoms with E-state index in [2.05, 4.69) is 10.6 Å². The summed E-state index contributed by atoms with van der Waals surface area (Å²) in [5.41, 5.74) is 4.51. The Morgan fingerprint density at radius 1 is 1.00 bits per heavy atom. The summed E-state index contributed by atoms with van der Waals surface area (Å²) in [5, 5.41) is 5.65. The second-order valence-electron chi connectivity index (χ2n) is 6.71. The maximum atomic E-state index is 12.8. The van der Waals surface area contributed by atoms with Crippen molar-refractivity contribution in [2.75, 3.05) is 19.0 Å². The fraction of sp³-hybridized carbons (Fsp3) is 0.217. The lowest BCUT2D eigenvalue weighted by molar-refractivity contribution is 0.0955. The Bertz CT molecular complexity index is 1040. The van der Waals surface area contributed by atoms with Crippen LogP contribution < -0.4 is 15.4 Å². The molecule has 29 heavy (non-hydrogen) atoms. The number of benzene rings is 2. The number of aromatic nitrogens is 1. The Morgan fingerprint density at radius 3 is 2.38 bits per heavy atom. The topological polar surface area (TPSA) is 72.4 Å². The molecular formula is C23H25N3O3. The fourth-order valence-electron chi connectivity index (χ4n) is 3.31. The molecule has 2 amide bonds. The van der Waals surface area contributed by atoms with Crippen LogP contribution in [0, 0.1) is 13.8 Å². The molecule has 6 nitrogen and oxygen atoms in total. The van der Waals surface area contributed by atoms with Gasteiger partial charge in [-0.2, -0.15) is 0 Å². The van der Waals surface area contributed by atoms with E-state index in [1.54, 1.807) is 31.4 Å². The smallest absolute Gasteiger partial charge is 0.257 e. The minimum atomic E-state index is -0.196. The van der Waals surface area contributed by atoms with E-state index in [1.807, 2.05) is 55.7 Å². The first kappa shape index (κ1) is 20.2. The molecule has 150 valence electrons. The molecule has 2 aromatic carbocycles. The molecule has 3 aromatic rings. The molecule has 0 aliphatic heterocycles. The van der Waals surface area contributed by atoms with Gasteiger partial charge in [-0.3, -0.25) is 9.59 Å². The molecule has 0 spiro atoms. The lowest BCUT2D eigenvalue weighted by atomic mass is 10.1. The summed E-state index contributed by atoms with van der Waals surface area (Å²) in [6.45, 7) is 6.32. The van der Waals surface area contributed by atoms with Gasteiger partial charge < -0.3 is 19.9 Å². The number of rotatable bonds is 6. The number of aryl methyl sites for hydroxylation is 1. The molecule has 0 unspecified atom stereocenters. The average molecular weight is 391 g/mol. The van der Waals surface area contributed by atoms with Crippen molar-refractivity contribution in [3.8, 4) is 11.4 Å². The number of carbonyl (C=O) groups excluding carboxylic acids is 2. The number of hydrogen-bond donors (Lipinski definition) is 2. The fourth-order valence-corrected chi connectivity index (χ4v) is 3.31. The Kier molecular flexibility index (Phi) is 6.02. The first-order valence-corrected chi connectivity index (χ1v) is 9.47. The molecule has 2 N–H and O–H groups in total. The average Bonchev–Trinajstić information content (AvgIpc) is 3.03. The van der Waals surface area contributed by atoms with Crippen molar-refractivity contribution in [3.63, 3.8) is 0 Å². The van der Waals surface area contributed by atoms with Crippen LogP contribution >= 0.6 is 0 Å². The summed E-state index contributed by atoms with van der Waals surface area (Å²) in [6.07, 6.45) is 0. The summed E-state index contributed by atoms with van der Waals surface area (Å²) in [7, 11) is 1.63. The van der Waals surface area contributed by atoms with Gasteiger partial charge in [0.25, 0.3) is 11.8 Å². The highest BCUT2D eigenvalue weighted by molar-refractivity contribution is 6.05. The van der Waals surface area contributed by atoms with E-state index in [0.717, 1.165) is 22.8 Å². The van der Waals surface area contributed by atoms with Crippen molar-refractivity contribution in [1.29, 1.82) is 0 Å². The molecule has 0 atom stereocenters. The van der Waals surface area contributed by atoms with Crippen LogP contribution in [0.2, 0.25) is 0 Å². The SMILES string of the molecule is CCNC(=O)c1ccc(NC(=O)c2cc(C)n(-c3cccc(OC)c3)c2C)cc1. The molecule has 0 bridgehead atoms. The largest absolute Gasteiger partial charge is 0.497 e. The standard InChI is InChI=1S/C23H25N3O3/c1-5-24-22(27)17-9-11-18(12-10-17)25-23(28)21-13-15(2)26(16(21)3)19-7-6-8-20(14-19)29-4/h6-14H,5H2,1-4H3,(H,24,27)(H,25,28). The second kappa shape index (κ2) is 8.65. The predicted octanol–water partition coefficient (Wildman–Crippen LogP) is 4.10. The van der Waals surface area contributed by atoms with Crippen LogP contribution in [0.3, 0.4) is 0 Å². The summed E-state index contributed by atoms with van der Waals surface area (Å²) >= 11 is 0. The zero-order valence-corrected chi connectivity index (χ0v) is 17.1. The third kappa shape index (κ3) is 4.32. The highest BCUT2D eigenvalue weighted by Gasteiger charge is 2.17. The lowest BCUT2D eigenvalue weighted by Gasteiger charge is -2.11. The molecule has 1 heterocycles. The highest BCUT2D eigenvalue weighted by atomic mass is 16.5. The minimum absolute atomic E-state index is 0.132. The summed E-state index contributed by atoms with van der Waals surface area (Å²) in [6, 6.07) is 16.4. The quantitative estimate of drug-likeness (QED) is 0.664. The molecule has 6 heteroatoms.